The Labute approximate surface area is 165 Å². The van der Waals surface area contributed by atoms with E-state index in [1.165, 1.54) is 29.2 Å². The molecule has 0 unspecified atom stereocenters. The highest BCUT2D eigenvalue weighted by Gasteiger charge is 2.17. The molecule has 2 aromatic rings. The minimum atomic E-state index is -3.17. The van der Waals surface area contributed by atoms with Crippen molar-refractivity contribution >= 4 is 12.0 Å². The monoisotopic (exact) mass is 415 g/mol. The molecule has 0 aliphatic heterocycles. The number of rotatable bonds is 9. The first-order valence-electron chi connectivity index (χ1n) is 8.73. The molecule has 29 heavy (non-hydrogen) atoms. The van der Waals surface area contributed by atoms with Crippen molar-refractivity contribution in [2.45, 2.75) is 46.6 Å². The first-order valence-corrected chi connectivity index (χ1v) is 8.73. The Morgan fingerprint density at radius 2 is 1.79 bits per heavy atom. The fraction of sp³-hybridized carbons (Fsp3) is 0.350. The Morgan fingerprint density at radius 3 is 2.34 bits per heavy atom. The van der Waals surface area contributed by atoms with Crippen LogP contribution in [-0.4, -0.2) is 30.1 Å². The summed E-state index contributed by atoms with van der Waals surface area (Å²) >= 11 is 0. The van der Waals surface area contributed by atoms with E-state index in [9.17, 15) is 22.4 Å². The third-order valence-corrected chi connectivity index (χ3v) is 3.86. The molecule has 0 aliphatic rings. The lowest BCUT2D eigenvalue weighted by atomic mass is 10.1. The average molecular weight is 415 g/mol. The van der Waals surface area contributed by atoms with Crippen LogP contribution in [0.15, 0.2) is 40.8 Å². The van der Waals surface area contributed by atoms with Crippen molar-refractivity contribution in [1.82, 2.24) is 4.90 Å². The van der Waals surface area contributed by atoms with Crippen LogP contribution in [0.4, 0.5) is 17.6 Å². The molecule has 1 aromatic heterocycles. The molecule has 1 amide bonds. The summed E-state index contributed by atoms with van der Waals surface area (Å²) in [7, 11) is 0. The molecule has 0 spiro atoms. The summed E-state index contributed by atoms with van der Waals surface area (Å²) in [5.74, 6) is 0.209. The highest BCUT2D eigenvalue weighted by Crippen LogP contribution is 2.28. The Balaban J connectivity index is 2.21. The van der Waals surface area contributed by atoms with Crippen LogP contribution in [0.3, 0.4) is 0 Å². The van der Waals surface area contributed by atoms with Crippen molar-refractivity contribution < 1.29 is 36.2 Å². The fourth-order valence-corrected chi connectivity index (χ4v) is 2.54. The first-order chi connectivity index (χ1) is 13.7. The summed E-state index contributed by atoms with van der Waals surface area (Å²) in [5.41, 5.74) is 0.109. The minimum absolute atomic E-state index is 0.109. The second kappa shape index (κ2) is 9.99. The molecule has 0 bridgehead atoms. The third kappa shape index (κ3) is 6.85. The molecule has 158 valence electrons. The summed E-state index contributed by atoms with van der Waals surface area (Å²) in [6.07, 6.45) is 2.46. The summed E-state index contributed by atoms with van der Waals surface area (Å²) in [6, 6.07) is 6.71. The number of hydrogen-bond acceptors (Lipinski definition) is 4. The number of alkyl halides is 4. The van der Waals surface area contributed by atoms with Gasteiger partial charge in [0.15, 0.2) is 0 Å². The zero-order chi connectivity index (χ0) is 21.6. The molecule has 0 fully saturated rings. The summed E-state index contributed by atoms with van der Waals surface area (Å²) in [5, 5.41) is 0. The normalized spacial score (nSPS) is 11.7. The highest BCUT2D eigenvalue weighted by molar-refractivity contribution is 5.92. The van der Waals surface area contributed by atoms with Crippen molar-refractivity contribution in [3.63, 3.8) is 0 Å². The Kier molecular flexibility index (Phi) is 7.69. The first kappa shape index (κ1) is 22.3. The molecular weight excluding hydrogens is 394 g/mol. The number of aryl methyl sites for hydroxylation is 1. The Hall–Kier alpha value is -2.97. The van der Waals surface area contributed by atoms with Crippen LogP contribution in [0.1, 0.15) is 30.9 Å². The van der Waals surface area contributed by atoms with Crippen molar-refractivity contribution in [3.8, 4) is 11.5 Å². The number of nitrogens with zero attached hydrogens (tertiary/aromatic N) is 1. The average Bonchev–Trinajstić information content (AvgIpc) is 3.02. The molecule has 9 heteroatoms. The molecule has 0 atom stereocenters. The van der Waals surface area contributed by atoms with Gasteiger partial charge in [0.05, 0.1) is 6.54 Å². The van der Waals surface area contributed by atoms with Crippen LogP contribution in [-0.2, 0) is 11.3 Å². The van der Waals surface area contributed by atoms with Crippen LogP contribution in [0, 0.1) is 6.92 Å². The van der Waals surface area contributed by atoms with Gasteiger partial charge in [-0.15, -0.1) is 0 Å². The number of carbonyl (C=O) groups is 1. The van der Waals surface area contributed by atoms with Gasteiger partial charge in [0.2, 0.25) is 5.91 Å². The predicted molar refractivity (Wildman–Crippen MR) is 97.9 cm³/mol. The van der Waals surface area contributed by atoms with E-state index in [0.29, 0.717) is 11.5 Å². The number of halogens is 4. The smallest absolute Gasteiger partial charge is 0.387 e. The van der Waals surface area contributed by atoms with E-state index in [1.807, 2.05) is 13.8 Å². The van der Waals surface area contributed by atoms with E-state index < -0.39 is 13.2 Å². The quantitative estimate of drug-likeness (QED) is 0.415. The maximum absolute atomic E-state index is 12.7. The van der Waals surface area contributed by atoms with Gasteiger partial charge >= 0.3 is 13.2 Å². The Morgan fingerprint density at radius 1 is 1.10 bits per heavy atom. The molecule has 0 saturated carbocycles. The molecular formula is C20H21F4NO4. The van der Waals surface area contributed by atoms with Gasteiger partial charge in [0, 0.05) is 23.7 Å². The maximum atomic E-state index is 12.7. The van der Waals surface area contributed by atoms with Crippen LogP contribution >= 0.6 is 0 Å². The summed E-state index contributed by atoms with van der Waals surface area (Å²) in [4.78, 5) is 14.1. The lowest BCUT2D eigenvalue weighted by Crippen LogP contribution is -2.35. The molecule has 5 nitrogen and oxygen atoms in total. The van der Waals surface area contributed by atoms with E-state index in [2.05, 4.69) is 9.47 Å². The SMILES string of the molecule is Cc1ccc(CN(C(=O)/C=C/c2ccc(OC(F)F)cc2OC(F)F)C(C)C)o1. The van der Waals surface area contributed by atoms with Gasteiger partial charge in [-0.05, 0) is 51.1 Å². The van der Waals surface area contributed by atoms with E-state index in [4.69, 9.17) is 4.42 Å². The zero-order valence-corrected chi connectivity index (χ0v) is 16.1. The van der Waals surface area contributed by atoms with E-state index in [-0.39, 0.29) is 35.6 Å². The second-order valence-corrected chi connectivity index (χ2v) is 6.36. The number of amides is 1. The topological polar surface area (TPSA) is 51.9 Å². The summed E-state index contributed by atoms with van der Waals surface area (Å²) in [6.45, 7) is -0.615. The fourth-order valence-electron chi connectivity index (χ4n) is 2.54. The Bertz CT molecular complexity index is 849. The van der Waals surface area contributed by atoms with Gasteiger partial charge in [0.1, 0.15) is 23.0 Å². The molecule has 0 aliphatic carbocycles. The molecule has 1 heterocycles. The van der Waals surface area contributed by atoms with Crippen LogP contribution in [0.2, 0.25) is 0 Å². The minimum Gasteiger partial charge on any atom is -0.464 e. The number of benzene rings is 1. The molecule has 0 N–H and O–H groups in total. The summed E-state index contributed by atoms with van der Waals surface area (Å²) < 4.78 is 64.0. The van der Waals surface area contributed by atoms with Crippen molar-refractivity contribution in [1.29, 1.82) is 0 Å². The third-order valence-electron chi connectivity index (χ3n) is 3.86. The lowest BCUT2D eigenvalue weighted by molar-refractivity contribution is -0.128. The van der Waals surface area contributed by atoms with Gasteiger partial charge in [-0.3, -0.25) is 4.79 Å². The van der Waals surface area contributed by atoms with Gasteiger partial charge in [-0.1, -0.05) is 0 Å². The van der Waals surface area contributed by atoms with Gasteiger partial charge < -0.3 is 18.8 Å². The maximum Gasteiger partial charge on any atom is 0.387 e. The van der Waals surface area contributed by atoms with Crippen LogP contribution in [0.25, 0.3) is 6.08 Å². The van der Waals surface area contributed by atoms with Gasteiger partial charge in [-0.25, -0.2) is 0 Å². The van der Waals surface area contributed by atoms with Crippen LogP contribution in [0.5, 0.6) is 11.5 Å². The number of furan rings is 1. The molecule has 0 saturated heterocycles. The van der Waals surface area contributed by atoms with Gasteiger partial charge in [-0.2, -0.15) is 17.6 Å². The number of hydrogen-bond donors (Lipinski definition) is 0. The molecule has 0 radical (unpaired) electrons. The number of carbonyl (C=O) groups excluding carboxylic acids is 1. The second-order valence-electron chi connectivity index (χ2n) is 6.36. The van der Waals surface area contributed by atoms with E-state index in [1.54, 1.807) is 19.1 Å². The van der Waals surface area contributed by atoms with Crippen molar-refractivity contribution in [2.24, 2.45) is 0 Å². The van der Waals surface area contributed by atoms with E-state index >= 15 is 0 Å². The van der Waals surface area contributed by atoms with E-state index in [0.717, 1.165) is 6.07 Å². The standard InChI is InChI=1S/C20H21F4NO4/c1-12(2)25(11-16-7-4-13(3)27-16)18(26)9-6-14-5-8-15(28-19(21)22)10-17(14)29-20(23)24/h4-10,12,19-20H,11H2,1-3H3/b9-6+. The highest BCUT2D eigenvalue weighted by atomic mass is 19.3. The zero-order valence-electron chi connectivity index (χ0n) is 16.1. The predicted octanol–water partition coefficient (Wildman–Crippen LogP) is 5.24. The van der Waals surface area contributed by atoms with Crippen LogP contribution < -0.4 is 9.47 Å². The largest absolute Gasteiger partial charge is 0.464 e. The van der Waals surface area contributed by atoms with Gasteiger partial charge in [0.25, 0.3) is 0 Å². The van der Waals surface area contributed by atoms with Crippen molar-refractivity contribution in [2.75, 3.05) is 0 Å². The number of ether oxygens (including phenoxy) is 2. The lowest BCUT2D eigenvalue weighted by Gasteiger charge is -2.24. The molecule has 1 aromatic carbocycles. The molecule has 2 rings (SSSR count). The van der Waals surface area contributed by atoms with Crippen molar-refractivity contribution in [3.05, 3.63) is 53.5 Å².